The fourth-order valence-corrected chi connectivity index (χ4v) is 0.215. The molecule has 0 aromatic carbocycles. The Labute approximate surface area is 63.7 Å². The van der Waals surface area contributed by atoms with Gasteiger partial charge in [-0.15, -0.1) is 0 Å². The summed E-state index contributed by atoms with van der Waals surface area (Å²) in [6.45, 7) is 0. The van der Waals surface area contributed by atoms with Gasteiger partial charge in [0.15, 0.2) is 0 Å². The van der Waals surface area contributed by atoms with E-state index in [1.807, 2.05) is 6.07 Å². The molecule has 3 nitrogen and oxygen atoms in total. The molecule has 7 heavy (non-hydrogen) atoms. The molecule has 0 aliphatic heterocycles. The molecule has 2 N–H and O–H groups in total. The number of hydrogen-bond donors (Lipinski definition) is 1. The van der Waals surface area contributed by atoms with Gasteiger partial charge in [0.2, 0.25) is 0 Å². The predicted octanol–water partition coefficient (Wildman–Crippen LogP) is -2.76. The molecule has 0 saturated carbocycles. The van der Waals surface area contributed by atoms with Gasteiger partial charge in [-0.1, -0.05) is 0 Å². The van der Waals surface area contributed by atoms with Crippen molar-refractivity contribution in [2.75, 3.05) is 0 Å². The van der Waals surface area contributed by atoms with Crippen molar-refractivity contribution in [3.8, 4) is 0 Å². The number of rotatable bonds is 0. The Morgan fingerprint density at radius 1 is 1.43 bits per heavy atom. The summed E-state index contributed by atoms with van der Waals surface area (Å²) < 4.78 is 0. The Morgan fingerprint density at radius 2 is 2.14 bits per heavy atom. The van der Waals surface area contributed by atoms with E-state index in [1.54, 1.807) is 12.4 Å². The van der Waals surface area contributed by atoms with Gasteiger partial charge >= 0.3 is 29.6 Å². The van der Waals surface area contributed by atoms with Crippen LogP contribution in [0.5, 0.6) is 0 Å². The zero-order valence-electron chi connectivity index (χ0n) is 4.13. The summed E-state index contributed by atoms with van der Waals surface area (Å²) >= 11 is 0. The molecule has 0 bridgehead atoms. The third-order valence-electron chi connectivity index (χ3n) is 0.406. The first-order chi connectivity index (χ1) is 2.50. The van der Waals surface area contributed by atoms with Crippen molar-refractivity contribution < 1.29 is 35.0 Å². The van der Waals surface area contributed by atoms with Crippen LogP contribution in [0, 0.1) is 0 Å². The number of aromatic nitrogens is 2. The van der Waals surface area contributed by atoms with Gasteiger partial charge < -0.3 is 5.48 Å². The van der Waals surface area contributed by atoms with Crippen LogP contribution in [0.2, 0.25) is 0 Å². The first-order valence-corrected chi connectivity index (χ1v) is 1.44. The molecule has 0 saturated heterocycles. The maximum absolute atomic E-state index is 3.60. The molecule has 1 heterocycles. The van der Waals surface area contributed by atoms with E-state index in [1.165, 1.54) is 0 Å². The Morgan fingerprint density at radius 3 is 2.29 bits per heavy atom. The monoisotopic (exact) mass is 108 g/mol. The summed E-state index contributed by atoms with van der Waals surface area (Å²) in [5.41, 5.74) is 0. The molecule has 34 valence electrons. The van der Waals surface area contributed by atoms with Gasteiger partial charge in [-0.2, -0.15) is 5.10 Å². The third kappa shape index (κ3) is 4.01. The summed E-state index contributed by atoms with van der Waals surface area (Å²) in [7, 11) is 0. The molecule has 0 spiro atoms. The molecule has 1 aromatic rings. The summed E-state index contributed by atoms with van der Waals surface area (Å²) in [5, 5.41) is 6.21. The Balaban J connectivity index is 0. The molecule has 0 aliphatic rings. The Hall–Kier alpha value is 0.170. The maximum atomic E-state index is 3.60. The average Bonchev–Trinajstić information content (AvgIpc) is 1.76. The normalized spacial score (nSPS) is 5.71. The second-order valence-electron chi connectivity index (χ2n) is 0.766. The van der Waals surface area contributed by atoms with E-state index in [9.17, 15) is 0 Å². The van der Waals surface area contributed by atoms with E-state index in [-0.39, 0.29) is 35.0 Å². The zero-order chi connectivity index (χ0) is 3.54. The largest absolute Gasteiger partial charge is 1.00 e. The van der Waals surface area contributed by atoms with Crippen LogP contribution >= 0.6 is 0 Å². The van der Waals surface area contributed by atoms with Crippen LogP contribution < -0.4 is 29.6 Å². The number of aromatic amines is 1. The Bertz CT molecular complexity index is 69.4. The van der Waals surface area contributed by atoms with Crippen LogP contribution in [0.4, 0.5) is 0 Å². The van der Waals surface area contributed by atoms with Crippen LogP contribution in [0.25, 0.3) is 0 Å². The fraction of sp³-hybridized carbons (Fsp3) is 0. The average molecular weight is 108 g/mol. The van der Waals surface area contributed by atoms with Gasteiger partial charge in [-0.25, -0.2) is 0 Å². The number of nitrogens with one attached hydrogen (secondary N) is 1. The van der Waals surface area contributed by atoms with Gasteiger partial charge in [-0.05, 0) is 6.07 Å². The molecule has 1 rings (SSSR count). The van der Waals surface area contributed by atoms with Gasteiger partial charge in [-0.3, -0.25) is 5.10 Å². The van der Waals surface area contributed by atoms with Gasteiger partial charge in [0, 0.05) is 12.4 Å². The predicted molar refractivity (Wildman–Crippen MR) is 20.5 cm³/mol. The van der Waals surface area contributed by atoms with E-state index in [0.717, 1.165) is 0 Å². The molecule has 4 heteroatoms. The van der Waals surface area contributed by atoms with Crippen LogP contribution in [0.1, 0.15) is 0 Å². The van der Waals surface area contributed by atoms with Crippen molar-refractivity contribution >= 4 is 0 Å². The quantitative estimate of drug-likeness (QED) is 0.366. The zero-order valence-corrected chi connectivity index (χ0v) is 6.13. The second-order valence-corrected chi connectivity index (χ2v) is 0.766. The minimum atomic E-state index is 0. The molecular weight excluding hydrogens is 103 g/mol. The van der Waals surface area contributed by atoms with Gasteiger partial charge in [0.1, 0.15) is 0 Å². The van der Waals surface area contributed by atoms with Crippen molar-refractivity contribution in [3.05, 3.63) is 18.5 Å². The second kappa shape index (κ2) is 6.17. The molecular formula is C3H5N2NaO. The summed E-state index contributed by atoms with van der Waals surface area (Å²) in [5.74, 6) is 0. The van der Waals surface area contributed by atoms with E-state index in [0.29, 0.717) is 0 Å². The van der Waals surface area contributed by atoms with E-state index in [2.05, 4.69) is 10.2 Å². The van der Waals surface area contributed by atoms with Crippen LogP contribution in [0.3, 0.4) is 0 Å². The number of nitrogens with zero attached hydrogens (tertiary/aromatic N) is 1. The summed E-state index contributed by atoms with van der Waals surface area (Å²) in [4.78, 5) is 0. The molecule has 0 radical (unpaired) electrons. The minimum Gasteiger partial charge on any atom is -0.870 e. The van der Waals surface area contributed by atoms with Crippen LogP contribution in [-0.4, -0.2) is 15.7 Å². The molecule has 0 aliphatic carbocycles. The van der Waals surface area contributed by atoms with Crippen molar-refractivity contribution in [2.24, 2.45) is 0 Å². The maximum Gasteiger partial charge on any atom is 1.00 e. The van der Waals surface area contributed by atoms with Crippen molar-refractivity contribution in [2.45, 2.75) is 0 Å². The van der Waals surface area contributed by atoms with Crippen molar-refractivity contribution in [1.29, 1.82) is 0 Å². The standard InChI is InChI=1S/C3H4N2.Na.H2O/c1-2-4-5-3-1;;/h1-3H,(H,4,5);;1H2/q;+1;/p-1. The smallest absolute Gasteiger partial charge is 0.870 e. The molecule has 0 unspecified atom stereocenters. The molecule has 0 atom stereocenters. The first kappa shape index (κ1) is 10.2. The van der Waals surface area contributed by atoms with Crippen molar-refractivity contribution in [3.63, 3.8) is 0 Å². The number of H-pyrrole nitrogens is 1. The van der Waals surface area contributed by atoms with Gasteiger partial charge in [0.25, 0.3) is 0 Å². The molecule has 1 aromatic heterocycles. The SMILES string of the molecule is [Na+].[OH-].c1cn[nH]c1. The van der Waals surface area contributed by atoms with Crippen LogP contribution in [-0.2, 0) is 0 Å². The molecule has 0 amide bonds. The topological polar surface area (TPSA) is 58.7 Å². The fourth-order valence-electron chi connectivity index (χ4n) is 0.215. The summed E-state index contributed by atoms with van der Waals surface area (Å²) in [6.07, 6.45) is 3.46. The van der Waals surface area contributed by atoms with E-state index < -0.39 is 0 Å². The first-order valence-electron chi connectivity index (χ1n) is 1.44. The van der Waals surface area contributed by atoms with Crippen LogP contribution in [0.15, 0.2) is 18.5 Å². The van der Waals surface area contributed by atoms with Crippen molar-refractivity contribution in [1.82, 2.24) is 10.2 Å². The van der Waals surface area contributed by atoms with E-state index in [4.69, 9.17) is 0 Å². The minimum absolute atomic E-state index is 0. The van der Waals surface area contributed by atoms with Gasteiger partial charge in [0.05, 0.1) is 0 Å². The third-order valence-corrected chi connectivity index (χ3v) is 0.406. The number of hydrogen-bond acceptors (Lipinski definition) is 2. The van der Waals surface area contributed by atoms with E-state index >= 15 is 0 Å². The summed E-state index contributed by atoms with van der Waals surface area (Å²) in [6, 6.07) is 1.83. The Kier molecular flexibility index (Phi) is 9.00. The molecule has 0 fully saturated rings.